The highest BCUT2D eigenvalue weighted by molar-refractivity contribution is 7.99. The molecule has 0 aliphatic heterocycles. The van der Waals surface area contributed by atoms with Gasteiger partial charge < -0.3 is 9.30 Å². The SMILES string of the molecule is CCn1c(CS(=O)(=O)c2ccccc2)nnc1SCCCCOc1ccccc1C. The van der Waals surface area contributed by atoms with Crippen LogP contribution in [0, 0.1) is 6.92 Å². The zero-order valence-corrected chi connectivity index (χ0v) is 19.0. The second-order valence-corrected chi connectivity index (χ2v) is 9.94. The van der Waals surface area contributed by atoms with Gasteiger partial charge in [0, 0.05) is 12.3 Å². The normalized spacial score (nSPS) is 11.5. The lowest BCUT2D eigenvalue weighted by molar-refractivity contribution is 0.308. The standard InChI is InChI=1S/C22H27N3O3S2/c1-3-25-21(17-30(26,27)19-12-5-4-6-13-19)23-24-22(25)29-16-10-9-15-28-20-14-8-7-11-18(20)2/h4-8,11-14H,3,9-10,15-17H2,1-2H3. The summed E-state index contributed by atoms with van der Waals surface area (Å²) in [6.45, 7) is 5.32. The van der Waals surface area contributed by atoms with E-state index in [2.05, 4.69) is 10.2 Å². The highest BCUT2D eigenvalue weighted by atomic mass is 32.2. The van der Waals surface area contributed by atoms with Gasteiger partial charge in [-0.2, -0.15) is 0 Å². The molecule has 0 spiro atoms. The molecule has 0 saturated carbocycles. The molecule has 0 amide bonds. The summed E-state index contributed by atoms with van der Waals surface area (Å²) in [6, 6.07) is 16.5. The molecule has 0 fully saturated rings. The third-order valence-electron chi connectivity index (χ3n) is 4.65. The van der Waals surface area contributed by atoms with Crippen LogP contribution in [0.4, 0.5) is 0 Å². The van der Waals surface area contributed by atoms with Crippen LogP contribution in [0.2, 0.25) is 0 Å². The third kappa shape index (κ3) is 5.86. The molecule has 0 bridgehead atoms. The maximum Gasteiger partial charge on any atom is 0.191 e. The average molecular weight is 446 g/mol. The molecular weight excluding hydrogens is 418 g/mol. The molecular formula is C22H27N3O3S2. The van der Waals surface area contributed by atoms with Crippen molar-refractivity contribution in [2.45, 2.75) is 49.0 Å². The number of rotatable bonds is 11. The van der Waals surface area contributed by atoms with Crippen molar-refractivity contribution in [2.75, 3.05) is 12.4 Å². The summed E-state index contributed by atoms with van der Waals surface area (Å²) in [5, 5.41) is 9.13. The van der Waals surface area contributed by atoms with Crippen molar-refractivity contribution in [1.29, 1.82) is 0 Å². The van der Waals surface area contributed by atoms with E-state index in [0.717, 1.165) is 35.1 Å². The van der Waals surface area contributed by atoms with Crippen LogP contribution >= 0.6 is 11.8 Å². The van der Waals surface area contributed by atoms with E-state index in [9.17, 15) is 8.42 Å². The van der Waals surface area contributed by atoms with Gasteiger partial charge in [0.25, 0.3) is 0 Å². The van der Waals surface area contributed by atoms with Gasteiger partial charge in [-0.3, -0.25) is 0 Å². The monoisotopic (exact) mass is 445 g/mol. The minimum absolute atomic E-state index is 0.150. The number of para-hydroxylation sites is 1. The number of unbranched alkanes of at least 4 members (excludes halogenated alkanes) is 1. The summed E-state index contributed by atoms with van der Waals surface area (Å²) in [7, 11) is -3.44. The van der Waals surface area contributed by atoms with E-state index in [-0.39, 0.29) is 5.75 Å². The van der Waals surface area contributed by atoms with Gasteiger partial charge in [0.2, 0.25) is 0 Å². The molecule has 160 valence electrons. The number of nitrogens with zero attached hydrogens (tertiary/aromatic N) is 3. The van der Waals surface area contributed by atoms with Crippen molar-refractivity contribution in [3.05, 3.63) is 66.0 Å². The number of thioether (sulfide) groups is 1. The quantitative estimate of drug-likeness (QED) is 0.319. The minimum atomic E-state index is -3.44. The molecule has 8 heteroatoms. The van der Waals surface area contributed by atoms with Crippen LogP contribution in [0.15, 0.2) is 64.6 Å². The van der Waals surface area contributed by atoms with E-state index < -0.39 is 9.84 Å². The Morgan fingerprint density at radius 3 is 2.47 bits per heavy atom. The Morgan fingerprint density at radius 1 is 1.00 bits per heavy atom. The molecule has 3 aromatic rings. The van der Waals surface area contributed by atoms with Gasteiger partial charge in [-0.25, -0.2) is 8.42 Å². The number of hydrogen-bond donors (Lipinski definition) is 0. The van der Waals surface area contributed by atoms with Crippen LogP contribution < -0.4 is 4.74 Å². The number of hydrogen-bond acceptors (Lipinski definition) is 6. The summed E-state index contributed by atoms with van der Waals surface area (Å²) in [5.74, 6) is 2.13. The molecule has 1 aromatic heterocycles. The van der Waals surface area contributed by atoms with Gasteiger partial charge in [0.15, 0.2) is 15.0 Å². The lowest BCUT2D eigenvalue weighted by Crippen LogP contribution is -2.11. The van der Waals surface area contributed by atoms with Gasteiger partial charge in [-0.05, 0) is 50.5 Å². The zero-order chi connectivity index (χ0) is 21.4. The van der Waals surface area contributed by atoms with Crippen molar-refractivity contribution in [2.24, 2.45) is 0 Å². The number of aromatic nitrogens is 3. The first-order valence-electron chi connectivity index (χ1n) is 10.0. The summed E-state index contributed by atoms with van der Waals surface area (Å²) in [6.07, 6.45) is 1.92. The lowest BCUT2D eigenvalue weighted by Gasteiger charge is -2.09. The minimum Gasteiger partial charge on any atom is -0.493 e. The lowest BCUT2D eigenvalue weighted by atomic mass is 10.2. The summed E-state index contributed by atoms with van der Waals surface area (Å²) >= 11 is 1.60. The van der Waals surface area contributed by atoms with E-state index in [4.69, 9.17) is 4.74 Å². The van der Waals surface area contributed by atoms with Gasteiger partial charge in [-0.15, -0.1) is 10.2 Å². The van der Waals surface area contributed by atoms with E-state index >= 15 is 0 Å². The fourth-order valence-corrected chi connectivity index (χ4v) is 5.31. The highest BCUT2D eigenvalue weighted by Crippen LogP contribution is 2.22. The van der Waals surface area contributed by atoms with Gasteiger partial charge >= 0.3 is 0 Å². The van der Waals surface area contributed by atoms with Gasteiger partial charge in [0.05, 0.1) is 11.5 Å². The first-order chi connectivity index (χ1) is 14.5. The predicted molar refractivity (Wildman–Crippen MR) is 120 cm³/mol. The first-order valence-corrected chi connectivity index (χ1v) is 12.7. The van der Waals surface area contributed by atoms with Crippen molar-refractivity contribution < 1.29 is 13.2 Å². The molecule has 0 saturated heterocycles. The first kappa shape index (κ1) is 22.4. The number of ether oxygens (including phenoxy) is 1. The van der Waals surface area contributed by atoms with Crippen molar-refractivity contribution in [3.63, 3.8) is 0 Å². The van der Waals surface area contributed by atoms with Crippen molar-refractivity contribution >= 4 is 21.6 Å². The summed E-state index contributed by atoms with van der Waals surface area (Å²) in [4.78, 5) is 0.304. The van der Waals surface area contributed by atoms with Crippen LogP contribution in [0.25, 0.3) is 0 Å². The average Bonchev–Trinajstić information content (AvgIpc) is 3.13. The number of aryl methyl sites for hydroxylation is 1. The molecule has 2 aromatic carbocycles. The Morgan fingerprint density at radius 2 is 1.73 bits per heavy atom. The maximum absolute atomic E-state index is 12.7. The topological polar surface area (TPSA) is 74.1 Å². The molecule has 3 rings (SSSR count). The second kappa shape index (κ2) is 10.6. The number of sulfone groups is 1. The molecule has 0 atom stereocenters. The van der Waals surface area contributed by atoms with Crippen molar-refractivity contribution in [3.8, 4) is 5.75 Å². The van der Waals surface area contributed by atoms with Crippen LogP contribution in [0.1, 0.15) is 31.2 Å². The smallest absolute Gasteiger partial charge is 0.191 e. The molecule has 0 aliphatic rings. The van der Waals surface area contributed by atoms with Gasteiger partial charge in [0.1, 0.15) is 17.3 Å². The fraction of sp³-hybridized carbons (Fsp3) is 0.364. The van der Waals surface area contributed by atoms with E-state index in [0.29, 0.717) is 23.9 Å². The van der Waals surface area contributed by atoms with E-state index in [1.165, 1.54) is 0 Å². The predicted octanol–water partition coefficient (Wildman–Crippen LogP) is 4.53. The van der Waals surface area contributed by atoms with Crippen LogP contribution in [0.3, 0.4) is 0 Å². The maximum atomic E-state index is 12.7. The largest absolute Gasteiger partial charge is 0.493 e. The molecule has 0 aliphatic carbocycles. The Kier molecular flexibility index (Phi) is 7.93. The number of benzene rings is 2. The van der Waals surface area contributed by atoms with E-state index in [1.807, 2.05) is 42.7 Å². The molecule has 1 heterocycles. The summed E-state index contributed by atoms with van der Waals surface area (Å²) < 4.78 is 33.0. The van der Waals surface area contributed by atoms with Crippen molar-refractivity contribution in [1.82, 2.24) is 14.8 Å². The Balaban J connectivity index is 1.50. The molecule has 0 unspecified atom stereocenters. The molecule has 0 N–H and O–H groups in total. The zero-order valence-electron chi connectivity index (χ0n) is 17.3. The molecule has 30 heavy (non-hydrogen) atoms. The second-order valence-electron chi connectivity index (χ2n) is 6.88. The Bertz CT molecular complexity index is 1050. The Labute approximate surface area is 182 Å². The Hall–Kier alpha value is -2.32. The van der Waals surface area contributed by atoms with Crippen LogP contribution in [-0.4, -0.2) is 35.5 Å². The molecule has 6 nitrogen and oxygen atoms in total. The van der Waals surface area contributed by atoms with Gasteiger partial charge in [-0.1, -0.05) is 48.2 Å². The van der Waals surface area contributed by atoms with Crippen LogP contribution in [-0.2, 0) is 22.1 Å². The fourth-order valence-electron chi connectivity index (χ4n) is 3.00. The molecule has 0 radical (unpaired) electrons. The summed E-state index contributed by atoms with van der Waals surface area (Å²) in [5.41, 5.74) is 1.14. The third-order valence-corrected chi connectivity index (χ3v) is 7.33. The van der Waals surface area contributed by atoms with Crippen LogP contribution in [0.5, 0.6) is 5.75 Å². The van der Waals surface area contributed by atoms with E-state index in [1.54, 1.807) is 42.1 Å². The highest BCUT2D eigenvalue weighted by Gasteiger charge is 2.20.